The van der Waals surface area contributed by atoms with Gasteiger partial charge in [-0.05, 0) is 13.3 Å². The Labute approximate surface area is 79.4 Å². The Morgan fingerprint density at radius 2 is 2.23 bits per heavy atom. The van der Waals surface area contributed by atoms with Crippen molar-refractivity contribution in [1.82, 2.24) is 0 Å². The Hall–Kier alpha value is -1.01. The third-order valence-electron chi connectivity index (χ3n) is 1.13. The van der Waals surface area contributed by atoms with Crippen LogP contribution in [-0.4, -0.2) is 25.8 Å². The molecule has 0 aromatic rings. The fourth-order valence-corrected chi connectivity index (χ4v) is 0.629. The first-order valence-corrected chi connectivity index (χ1v) is 4.33. The molecule has 0 bridgehead atoms. The molecule has 0 rings (SSSR count). The molecule has 0 fully saturated rings. The van der Waals surface area contributed by atoms with Crippen LogP contribution in [0.5, 0.6) is 0 Å². The van der Waals surface area contributed by atoms with Gasteiger partial charge in [-0.25, -0.2) is 4.79 Å². The minimum atomic E-state index is -0.473. The molecule has 13 heavy (non-hydrogen) atoms. The van der Waals surface area contributed by atoms with E-state index in [4.69, 9.17) is 4.74 Å². The SMILES string of the molecule is [CH2]CCOCCC#CC(=O)OCC. The van der Waals surface area contributed by atoms with Gasteiger partial charge >= 0.3 is 5.97 Å². The van der Waals surface area contributed by atoms with Crippen LogP contribution in [0.1, 0.15) is 19.8 Å². The van der Waals surface area contributed by atoms with Gasteiger partial charge in [0.1, 0.15) is 0 Å². The first-order chi connectivity index (χ1) is 6.31. The van der Waals surface area contributed by atoms with E-state index in [0.717, 1.165) is 6.42 Å². The van der Waals surface area contributed by atoms with Crippen molar-refractivity contribution >= 4 is 5.97 Å². The van der Waals surface area contributed by atoms with Crippen molar-refractivity contribution in [2.45, 2.75) is 19.8 Å². The fraction of sp³-hybridized carbons (Fsp3) is 0.600. The molecule has 0 saturated heterocycles. The molecule has 0 N–H and O–H groups in total. The first kappa shape index (κ1) is 12.0. The largest absolute Gasteiger partial charge is 0.456 e. The summed E-state index contributed by atoms with van der Waals surface area (Å²) in [5.74, 6) is 4.54. The van der Waals surface area contributed by atoms with Gasteiger partial charge in [-0.1, -0.05) is 12.8 Å². The Bertz CT molecular complexity index is 188. The highest BCUT2D eigenvalue weighted by atomic mass is 16.5. The molecule has 1 radical (unpaired) electrons. The highest BCUT2D eigenvalue weighted by Gasteiger charge is 1.91. The van der Waals surface area contributed by atoms with Crippen molar-refractivity contribution in [2.24, 2.45) is 0 Å². The maximum absolute atomic E-state index is 10.7. The van der Waals surface area contributed by atoms with Crippen molar-refractivity contribution in [3.05, 3.63) is 6.92 Å². The minimum Gasteiger partial charge on any atom is -0.456 e. The summed E-state index contributed by atoms with van der Waals surface area (Å²) in [6.45, 7) is 6.92. The maximum atomic E-state index is 10.7. The topological polar surface area (TPSA) is 35.5 Å². The summed E-state index contributed by atoms with van der Waals surface area (Å²) in [5.41, 5.74) is 0. The van der Waals surface area contributed by atoms with E-state index in [1.807, 2.05) is 0 Å². The normalized spacial score (nSPS) is 8.77. The molecule has 0 unspecified atom stereocenters. The summed E-state index contributed by atoms with van der Waals surface area (Å²) in [7, 11) is 0. The van der Waals surface area contributed by atoms with Gasteiger partial charge in [0.05, 0.1) is 13.2 Å². The van der Waals surface area contributed by atoms with Gasteiger partial charge in [-0.2, -0.15) is 0 Å². The van der Waals surface area contributed by atoms with E-state index in [9.17, 15) is 4.79 Å². The summed E-state index contributed by atoms with van der Waals surface area (Å²) < 4.78 is 9.71. The van der Waals surface area contributed by atoms with E-state index in [1.165, 1.54) is 0 Å². The Morgan fingerprint density at radius 1 is 1.46 bits per heavy atom. The van der Waals surface area contributed by atoms with Crippen molar-refractivity contribution in [1.29, 1.82) is 0 Å². The Balaban J connectivity index is 3.33. The van der Waals surface area contributed by atoms with Gasteiger partial charge in [-0.15, -0.1) is 0 Å². The summed E-state index contributed by atoms with van der Waals surface area (Å²) in [5, 5.41) is 0. The van der Waals surface area contributed by atoms with Crippen molar-refractivity contribution in [3.8, 4) is 11.8 Å². The van der Waals surface area contributed by atoms with Gasteiger partial charge in [0.2, 0.25) is 0 Å². The van der Waals surface area contributed by atoms with E-state index in [2.05, 4.69) is 23.5 Å². The third-order valence-corrected chi connectivity index (χ3v) is 1.13. The van der Waals surface area contributed by atoms with E-state index in [0.29, 0.717) is 26.2 Å². The number of rotatable bonds is 5. The van der Waals surface area contributed by atoms with E-state index in [1.54, 1.807) is 6.92 Å². The molecule has 73 valence electrons. The molecule has 0 spiro atoms. The number of ether oxygens (including phenoxy) is 2. The molecule has 0 aliphatic carbocycles. The lowest BCUT2D eigenvalue weighted by Crippen LogP contribution is -2.00. The van der Waals surface area contributed by atoms with Crippen LogP contribution in [0.2, 0.25) is 0 Å². The zero-order valence-corrected chi connectivity index (χ0v) is 7.97. The smallest absolute Gasteiger partial charge is 0.384 e. The molecule has 0 atom stereocenters. The van der Waals surface area contributed by atoms with Crippen LogP contribution in [0.15, 0.2) is 0 Å². The second-order valence-corrected chi connectivity index (χ2v) is 2.24. The maximum Gasteiger partial charge on any atom is 0.384 e. The summed E-state index contributed by atoms with van der Waals surface area (Å²) in [4.78, 5) is 10.7. The minimum absolute atomic E-state index is 0.367. The lowest BCUT2D eigenvalue weighted by atomic mass is 10.4. The number of hydrogen-bond acceptors (Lipinski definition) is 3. The molecule has 0 aromatic carbocycles. The predicted octanol–water partition coefficient (Wildman–Crippen LogP) is 1.18. The molecule has 0 heterocycles. The standard InChI is InChI=1S/C10H15O3/c1-3-8-12-9-6-5-7-10(11)13-4-2/h1,3-4,6,8-9H2,2H3. The number of esters is 1. The second kappa shape index (κ2) is 9.08. The molecule has 0 aliphatic rings. The fourth-order valence-electron chi connectivity index (χ4n) is 0.629. The van der Waals surface area contributed by atoms with Crippen molar-refractivity contribution in [2.75, 3.05) is 19.8 Å². The highest BCUT2D eigenvalue weighted by Crippen LogP contribution is 1.83. The van der Waals surface area contributed by atoms with E-state index >= 15 is 0 Å². The average molecular weight is 183 g/mol. The van der Waals surface area contributed by atoms with Crippen LogP contribution >= 0.6 is 0 Å². The zero-order valence-electron chi connectivity index (χ0n) is 7.97. The number of hydrogen-bond donors (Lipinski definition) is 0. The van der Waals surface area contributed by atoms with Gasteiger partial charge < -0.3 is 9.47 Å². The molecule has 0 amide bonds. The Kier molecular flexibility index (Phi) is 8.38. The Morgan fingerprint density at radius 3 is 2.85 bits per heavy atom. The van der Waals surface area contributed by atoms with Crippen LogP contribution in [0.25, 0.3) is 0 Å². The lowest BCUT2D eigenvalue weighted by Gasteiger charge is -1.96. The molecule has 0 aliphatic heterocycles. The summed E-state index contributed by atoms with van der Waals surface area (Å²) in [6, 6.07) is 0. The summed E-state index contributed by atoms with van der Waals surface area (Å²) in [6.07, 6.45) is 1.31. The van der Waals surface area contributed by atoms with Gasteiger partial charge in [0, 0.05) is 18.9 Å². The molecule has 0 saturated carbocycles. The second-order valence-electron chi connectivity index (χ2n) is 2.24. The molecule has 3 nitrogen and oxygen atoms in total. The van der Waals surface area contributed by atoms with Crippen molar-refractivity contribution < 1.29 is 14.3 Å². The summed E-state index contributed by atoms with van der Waals surface area (Å²) >= 11 is 0. The van der Waals surface area contributed by atoms with Gasteiger partial charge in [-0.3, -0.25) is 0 Å². The lowest BCUT2D eigenvalue weighted by molar-refractivity contribution is -0.136. The molecular formula is C10H15O3. The van der Waals surface area contributed by atoms with Gasteiger partial charge in [0.25, 0.3) is 0 Å². The molecular weight excluding hydrogens is 168 g/mol. The monoisotopic (exact) mass is 183 g/mol. The quantitative estimate of drug-likeness (QED) is 0.278. The van der Waals surface area contributed by atoms with Crippen LogP contribution in [0.4, 0.5) is 0 Å². The van der Waals surface area contributed by atoms with Crippen molar-refractivity contribution in [3.63, 3.8) is 0 Å². The highest BCUT2D eigenvalue weighted by molar-refractivity contribution is 5.88. The van der Waals surface area contributed by atoms with Crippen LogP contribution in [0, 0.1) is 18.8 Å². The third kappa shape index (κ3) is 8.90. The molecule has 3 heteroatoms. The van der Waals surface area contributed by atoms with Crippen LogP contribution in [-0.2, 0) is 14.3 Å². The first-order valence-electron chi connectivity index (χ1n) is 4.33. The molecule has 0 aromatic heterocycles. The predicted molar refractivity (Wildman–Crippen MR) is 49.8 cm³/mol. The van der Waals surface area contributed by atoms with Crippen LogP contribution in [0.3, 0.4) is 0 Å². The zero-order chi connectivity index (χ0) is 9.94. The van der Waals surface area contributed by atoms with E-state index in [-0.39, 0.29) is 0 Å². The average Bonchev–Trinajstić information content (AvgIpc) is 2.11. The van der Waals surface area contributed by atoms with E-state index < -0.39 is 5.97 Å². The number of carbonyl (C=O) groups excluding carboxylic acids is 1. The van der Waals surface area contributed by atoms with Gasteiger partial charge in [0.15, 0.2) is 0 Å². The number of carbonyl (C=O) groups is 1. The van der Waals surface area contributed by atoms with Crippen LogP contribution < -0.4 is 0 Å².